The zero-order valence-corrected chi connectivity index (χ0v) is 9.55. The molecule has 0 saturated heterocycles. The topological polar surface area (TPSA) is 47.6 Å². The Morgan fingerprint density at radius 1 is 1.50 bits per heavy atom. The number of nitrogens with one attached hydrogen (secondary N) is 1. The maximum atomic E-state index is 11.4. The first kappa shape index (κ1) is 13.4. The van der Waals surface area contributed by atoms with Gasteiger partial charge in [0.2, 0.25) is 0 Å². The molecule has 14 heavy (non-hydrogen) atoms. The van der Waals surface area contributed by atoms with E-state index in [9.17, 15) is 4.79 Å². The average molecular weight is 203 g/mol. The summed E-state index contributed by atoms with van der Waals surface area (Å²) in [6.07, 6.45) is 2.11. The zero-order chi connectivity index (χ0) is 11.0. The quantitative estimate of drug-likeness (QED) is 0.494. The van der Waals surface area contributed by atoms with E-state index in [1.807, 2.05) is 0 Å². The lowest BCUT2D eigenvalue weighted by Gasteiger charge is -2.25. The lowest BCUT2D eigenvalue weighted by molar-refractivity contribution is -0.150. The Balaban J connectivity index is 3.93. The molecule has 0 amide bonds. The van der Waals surface area contributed by atoms with Crippen molar-refractivity contribution in [2.75, 3.05) is 27.4 Å². The smallest absolute Gasteiger partial charge is 0.328 e. The molecular weight excluding hydrogens is 182 g/mol. The Kier molecular flexibility index (Phi) is 6.49. The molecule has 0 heterocycles. The lowest BCUT2D eigenvalue weighted by atomic mass is 10.1. The van der Waals surface area contributed by atoms with Gasteiger partial charge in [0.05, 0.1) is 13.7 Å². The van der Waals surface area contributed by atoms with Crippen LogP contribution < -0.4 is 5.32 Å². The molecule has 0 rings (SSSR count). The summed E-state index contributed by atoms with van der Waals surface area (Å²) in [7, 11) is 3.10. The third kappa shape index (κ3) is 4.07. The van der Waals surface area contributed by atoms with Gasteiger partial charge >= 0.3 is 5.97 Å². The fourth-order valence-corrected chi connectivity index (χ4v) is 0.981. The summed E-state index contributed by atoms with van der Waals surface area (Å²) in [4.78, 5) is 11.4. The summed E-state index contributed by atoms with van der Waals surface area (Å²) in [5, 5.41) is 2.91. The Morgan fingerprint density at radius 3 is 2.57 bits per heavy atom. The van der Waals surface area contributed by atoms with Crippen molar-refractivity contribution in [3.63, 3.8) is 0 Å². The first-order valence-electron chi connectivity index (χ1n) is 4.95. The van der Waals surface area contributed by atoms with Gasteiger partial charge in [0, 0.05) is 6.61 Å². The van der Waals surface area contributed by atoms with Gasteiger partial charge in [-0.15, -0.1) is 0 Å². The number of likely N-dealkylation sites (N-methyl/N-ethyl adjacent to an activating group) is 1. The number of unbranched alkanes of at least 4 members (excludes halogenated alkanes) is 1. The first-order valence-corrected chi connectivity index (χ1v) is 4.95. The molecule has 0 aliphatic carbocycles. The van der Waals surface area contributed by atoms with Crippen molar-refractivity contribution in [3.05, 3.63) is 0 Å². The van der Waals surface area contributed by atoms with Crippen LogP contribution in [0.25, 0.3) is 0 Å². The van der Waals surface area contributed by atoms with Crippen LogP contribution in [0.3, 0.4) is 0 Å². The molecule has 4 nitrogen and oxygen atoms in total. The molecule has 1 atom stereocenters. The molecule has 84 valence electrons. The molecule has 1 unspecified atom stereocenters. The predicted molar refractivity (Wildman–Crippen MR) is 55.2 cm³/mol. The second-order valence-corrected chi connectivity index (χ2v) is 3.48. The number of carbonyl (C=O) groups excluding carboxylic acids is 1. The van der Waals surface area contributed by atoms with Crippen LogP contribution in [0.15, 0.2) is 0 Å². The summed E-state index contributed by atoms with van der Waals surface area (Å²) in [6.45, 7) is 4.90. The van der Waals surface area contributed by atoms with Crippen molar-refractivity contribution in [1.29, 1.82) is 0 Å². The molecule has 0 aromatic heterocycles. The van der Waals surface area contributed by atoms with Gasteiger partial charge < -0.3 is 14.8 Å². The van der Waals surface area contributed by atoms with Crippen LogP contribution in [0.4, 0.5) is 0 Å². The Hall–Kier alpha value is -0.610. The van der Waals surface area contributed by atoms with Crippen molar-refractivity contribution in [2.45, 2.75) is 32.2 Å². The van der Waals surface area contributed by atoms with E-state index in [1.165, 1.54) is 7.11 Å². The largest absolute Gasteiger partial charge is 0.468 e. The van der Waals surface area contributed by atoms with Crippen molar-refractivity contribution in [3.8, 4) is 0 Å². The highest BCUT2D eigenvalue weighted by molar-refractivity contribution is 5.80. The fourth-order valence-electron chi connectivity index (χ4n) is 0.981. The third-order valence-corrected chi connectivity index (χ3v) is 2.22. The van der Waals surface area contributed by atoms with Crippen molar-refractivity contribution in [1.82, 2.24) is 5.32 Å². The van der Waals surface area contributed by atoms with Crippen LogP contribution in [0.2, 0.25) is 0 Å². The molecule has 1 N–H and O–H groups in total. The van der Waals surface area contributed by atoms with Crippen LogP contribution >= 0.6 is 0 Å². The maximum absolute atomic E-state index is 11.4. The number of rotatable bonds is 7. The number of ether oxygens (including phenoxy) is 2. The van der Waals surface area contributed by atoms with E-state index in [0.29, 0.717) is 13.2 Å². The maximum Gasteiger partial charge on any atom is 0.328 e. The highest BCUT2D eigenvalue weighted by atomic mass is 16.5. The highest BCUT2D eigenvalue weighted by Gasteiger charge is 2.32. The molecule has 0 aromatic carbocycles. The number of hydrogen-bond acceptors (Lipinski definition) is 4. The van der Waals surface area contributed by atoms with Gasteiger partial charge in [0.25, 0.3) is 0 Å². The average Bonchev–Trinajstić information content (AvgIpc) is 2.22. The molecule has 0 aliphatic heterocycles. The van der Waals surface area contributed by atoms with E-state index in [1.54, 1.807) is 14.0 Å². The van der Waals surface area contributed by atoms with Gasteiger partial charge in [-0.1, -0.05) is 13.3 Å². The fraction of sp³-hybridized carbons (Fsp3) is 0.900. The zero-order valence-electron chi connectivity index (χ0n) is 9.55. The minimum absolute atomic E-state index is 0.295. The molecule has 0 radical (unpaired) electrons. The van der Waals surface area contributed by atoms with Gasteiger partial charge in [0.15, 0.2) is 0 Å². The Bertz CT molecular complexity index is 173. The molecule has 0 aliphatic rings. The van der Waals surface area contributed by atoms with E-state index < -0.39 is 5.54 Å². The van der Waals surface area contributed by atoms with Gasteiger partial charge in [-0.2, -0.15) is 0 Å². The Labute approximate surface area is 86.0 Å². The summed E-state index contributed by atoms with van der Waals surface area (Å²) in [6, 6.07) is 0. The van der Waals surface area contributed by atoms with Crippen LogP contribution in [-0.2, 0) is 14.3 Å². The van der Waals surface area contributed by atoms with Gasteiger partial charge in [-0.05, 0) is 20.4 Å². The minimum Gasteiger partial charge on any atom is -0.468 e. The van der Waals surface area contributed by atoms with Crippen molar-refractivity contribution >= 4 is 5.97 Å². The van der Waals surface area contributed by atoms with Crippen LogP contribution in [0, 0.1) is 0 Å². The van der Waals surface area contributed by atoms with Crippen molar-refractivity contribution in [2.24, 2.45) is 0 Å². The van der Waals surface area contributed by atoms with E-state index in [4.69, 9.17) is 4.74 Å². The second kappa shape index (κ2) is 6.79. The van der Waals surface area contributed by atoms with Crippen LogP contribution in [0.1, 0.15) is 26.7 Å². The van der Waals surface area contributed by atoms with Gasteiger partial charge in [-0.25, -0.2) is 4.79 Å². The highest BCUT2D eigenvalue weighted by Crippen LogP contribution is 2.06. The summed E-state index contributed by atoms with van der Waals surface area (Å²) in [5.41, 5.74) is -0.734. The third-order valence-electron chi connectivity index (χ3n) is 2.22. The predicted octanol–water partition coefficient (Wildman–Crippen LogP) is 0.954. The standard InChI is InChI=1S/C10H21NO3/c1-5-6-7-14-8-10(2,11-3)9(12)13-4/h11H,5-8H2,1-4H3. The van der Waals surface area contributed by atoms with Gasteiger partial charge in [0.1, 0.15) is 5.54 Å². The molecule has 0 saturated carbocycles. The summed E-state index contributed by atoms with van der Waals surface area (Å²) >= 11 is 0. The van der Waals surface area contributed by atoms with E-state index >= 15 is 0 Å². The van der Waals surface area contributed by atoms with Crippen LogP contribution in [-0.4, -0.2) is 38.9 Å². The monoisotopic (exact) mass is 203 g/mol. The normalized spacial score (nSPS) is 14.9. The number of esters is 1. The second-order valence-electron chi connectivity index (χ2n) is 3.48. The SMILES string of the molecule is CCCCOCC(C)(NC)C(=O)OC. The van der Waals surface area contributed by atoms with E-state index in [2.05, 4.69) is 17.0 Å². The lowest BCUT2D eigenvalue weighted by Crippen LogP contribution is -2.52. The summed E-state index contributed by atoms with van der Waals surface area (Å²) in [5.74, 6) is -0.295. The number of carbonyl (C=O) groups is 1. The minimum atomic E-state index is -0.734. The number of hydrogen-bond donors (Lipinski definition) is 1. The molecule has 0 aromatic rings. The number of methoxy groups -OCH3 is 1. The molecule has 0 fully saturated rings. The molecule has 0 bridgehead atoms. The van der Waals surface area contributed by atoms with E-state index in [0.717, 1.165) is 12.8 Å². The molecular formula is C10H21NO3. The van der Waals surface area contributed by atoms with Crippen molar-refractivity contribution < 1.29 is 14.3 Å². The van der Waals surface area contributed by atoms with Gasteiger partial charge in [-0.3, -0.25) is 0 Å². The summed E-state index contributed by atoms with van der Waals surface area (Å²) < 4.78 is 10.1. The van der Waals surface area contributed by atoms with E-state index in [-0.39, 0.29) is 5.97 Å². The molecule has 0 spiro atoms. The molecule has 4 heteroatoms. The van der Waals surface area contributed by atoms with Crippen LogP contribution in [0.5, 0.6) is 0 Å². The Morgan fingerprint density at radius 2 is 2.14 bits per heavy atom. The first-order chi connectivity index (χ1) is 6.60.